The Morgan fingerprint density at radius 3 is 2.71 bits per heavy atom. The molecule has 0 aliphatic carbocycles. The van der Waals surface area contributed by atoms with Crippen LogP contribution in [0.3, 0.4) is 0 Å². The third kappa shape index (κ3) is 5.58. The maximum Gasteiger partial charge on any atom is 0.251 e. The molecule has 1 aliphatic heterocycles. The first-order valence-corrected chi connectivity index (χ1v) is 9.29. The molecule has 2 amide bonds. The van der Waals surface area contributed by atoms with Crippen molar-refractivity contribution in [2.45, 2.75) is 44.1 Å². The topological polar surface area (TPSA) is 113 Å². The molecule has 1 fully saturated rings. The number of hydrogen-bond donors (Lipinski definition) is 3. The largest absolute Gasteiger partial charge is 0.394 e. The highest BCUT2D eigenvalue weighted by Crippen LogP contribution is 2.22. The molecule has 0 unspecified atom stereocenters. The van der Waals surface area contributed by atoms with E-state index in [1.54, 1.807) is 36.5 Å². The molecule has 1 aliphatic rings. The van der Waals surface area contributed by atoms with E-state index in [1.807, 2.05) is 6.07 Å². The van der Waals surface area contributed by atoms with Crippen molar-refractivity contribution in [2.24, 2.45) is 0 Å². The summed E-state index contributed by atoms with van der Waals surface area (Å²) >= 11 is 0. The number of carbonyl (C=O) groups is 2. The molecule has 0 saturated carbocycles. The Morgan fingerprint density at radius 1 is 1.18 bits per heavy atom. The standard InChI is InChI=1S/C20H24N4O4/c25-12-18-17(24-20(27)14-4-2-1-3-5-14)7-6-16(28-18)10-19(26)22-11-15-8-9-21-13-23-15/h1-5,8-9,13,16-18,25H,6-7,10-12H2,(H,22,26)(H,24,27)/t16-,17-,18+/m0/s1. The number of rotatable bonds is 7. The van der Waals surface area contributed by atoms with E-state index in [1.165, 1.54) is 6.33 Å². The summed E-state index contributed by atoms with van der Waals surface area (Å²) in [5.41, 5.74) is 1.29. The predicted molar refractivity (Wildman–Crippen MR) is 101 cm³/mol. The van der Waals surface area contributed by atoms with Crippen LogP contribution in [0.2, 0.25) is 0 Å². The van der Waals surface area contributed by atoms with Crippen molar-refractivity contribution in [1.29, 1.82) is 0 Å². The zero-order valence-electron chi connectivity index (χ0n) is 15.5. The molecule has 8 heteroatoms. The molecule has 1 aromatic carbocycles. The van der Waals surface area contributed by atoms with Crippen LogP contribution in [0.15, 0.2) is 48.9 Å². The molecule has 0 bridgehead atoms. The average molecular weight is 384 g/mol. The quantitative estimate of drug-likeness (QED) is 0.651. The Hall–Kier alpha value is -2.84. The van der Waals surface area contributed by atoms with Crippen LogP contribution in [0, 0.1) is 0 Å². The van der Waals surface area contributed by atoms with Crippen LogP contribution in [-0.2, 0) is 16.1 Å². The first kappa shape index (κ1) is 19.9. The van der Waals surface area contributed by atoms with Crippen molar-refractivity contribution in [3.8, 4) is 0 Å². The lowest BCUT2D eigenvalue weighted by Crippen LogP contribution is -2.51. The molecular formula is C20H24N4O4. The molecular weight excluding hydrogens is 360 g/mol. The second kappa shape index (κ2) is 9.91. The second-order valence-electron chi connectivity index (χ2n) is 6.68. The summed E-state index contributed by atoms with van der Waals surface area (Å²) in [5.74, 6) is -0.347. The molecule has 2 aromatic rings. The summed E-state index contributed by atoms with van der Waals surface area (Å²) in [7, 11) is 0. The molecule has 3 N–H and O–H groups in total. The van der Waals surface area contributed by atoms with Gasteiger partial charge in [-0.25, -0.2) is 9.97 Å². The lowest BCUT2D eigenvalue weighted by molar-refractivity contribution is -0.131. The fraction of sp³-hybridized carbons (Fsp3) is 0.400. The number of carbonyl (C=O) groups excluding carboxylic acids is 2. The minimum atomic E-state index is -0.541. The van der Waals surface area contributed by atoms with Crippen LogP contribution < -0.4 is 10.6 Å². The van der Waals surface area contributed by atoms with Crippen LogP contribution in [0.4, 0.5) is 0 Å². The molecule has 1 saturated heterocycles. The number of hydrogen-bond acceptors (Lipinski definition) is 6. The maximum atomic E-state index is 12.3. The number of aromatic nitrogens is 2. The number of ether oxygens (including phenoxy) is 1. The summed E-state index contributed by atoms with van der Waals surface area (Å²) in [6, 6.07) is 10.3. The smallest absolute Gasteiger partial charge is 0.251 e. The molecule has 3 rings (SSSR count). The van der Waals surface area contributed by atoms with Crippen molar-refractivity contribution in [3.05, 3.63) is 60.2 Å². The van der Waals surface area contributed by atoms with Crippen molar-refractivity contribution in [3.63, 3.8) is 0 Å². The van der Waals surface area contributed by atoms with E-state index in [0.29, 0.717) is 24.9 Å². The number of benzene rings is 1. The highest BCUT2D eigenvalue weighted by Gasteiger charge is 2.33. The fourth-order valence-corrected chi connectivity index (χ4v) is 3.18. The second-order valence-corrected chi connectivity index (χ2v) is 6.68. The molecule has 3 atom stereocenters. The number of nitrogens with zero attached hydrogens (tertiary/aromatic N) is 2. The number of amides is 2. The van der Waals surface area contributed by atoms with E-state index in [4.69, 9.17) is 4.74 Å². The lowest BCUT2D eigenvalue weighted by atomic mass is 9.96. The summed E-state index contributed by atoms with van der Waals surface area (Å²) in [4.78, 5) is 32.4. The Bertz CT molecular complexity index is 772. The first-order chi connectivity index (χ1) is 13.7. The van der Waals surface area contributed by atoms with Gasteiger partial charge in [0.15, 0.2) is 0 Å². The SMILES string of the molecule is O=C(C[C@@H]1CC[C@H](NC(=O)c2ccccc2)[C@@H](CO)O1)NCc1ccncn1. The van der Waals surface area contributed by atoms with Gasteiger partial charge in [-0.2, -0.15) is 0 Å². The Labute approximate surface area is 163 Å². The first-order valence-electron chi connectivity index (χ1n) is 9.29. The molecule has 0 spiro atoms. The Kier molecular flexibility index (Phi) is 7.05. The third-order valence-electron chi connectivity index (χ3n) is 4.67. The van der Waals surface area contributed by atoms with Crippen LogP contribution in [0.5, 0.6) is 0 Å². The van der Waals surface area contributed by atoms with Gasteiger partial charge < -0.3 is 20.5 Å². The molecule has 2 heterocycles. The third-order valence-corrected chi connectivity index (χ3v) is 4.67. The van der Waals surface area contributed by atoms with E-state index in [0.717, 1.165) is 5.69 Å². The Morgan fingerprint density at radius 2 is 2.00 bits per heavy atom. The van der Waals surface area contributed by atoms with Gasteiger partial charge in [-0.05, 0) is 31.0 Å². The number of nitrogens with one attached hydrogen (secondary N) is 2. The predicted octanol–water partition coefficient (Wildman–Crippen LogP) is 0.821. The number of aliphatic hydroxyl groups excluding tert-OH is 1. The van der Waals surface area contributed by atoms with Gasteiger partial charge in [0.2, 0.25) is 5.91 Å². The summed E-state index contributed by atoms with van der Waals surface area (Å²) < 4.78 is 5.86. The minimum Gasteiger partial charge on any atom is -0.394 e. The van der Waals surface area contributed by atoms with Gasteiger partial charge in [-0.1, -0.05) is 18.2 Å². The van der Waals surface area contributed by atoms with Crippen molar-refractivity contribution in [2.75, 3.05) is 6.61 Å². The zero-order chi connectivity index (χ0) is 19.8. The number of aliphatic hydroxyl groups is 1. The average Bonchev–Trinajstić information content (AvgIpc) is 2.74. The normalized spacial score (nSPS) is 21.7. The van der Waals surface area contributed by atoms with Crippen molar-refractivity contribution < 1.29 is 19.4 Å². The lowest BCUT2D eigenvalue weighted by Gasteiger charge is -2.36. The maximum absolute atomic E-state index is 12.3. The van der Waals surface area contributed by atoms with E-state index in [9.17, 15) is 14.7 Å². The van der Waals surface area contributed by atoms with Crippen molar-refractivity contribution in [1.82, 2.24) is 20.6 Å². The van der Waals surface area contributed by atoms with Crippen LogP contribution in [0.1, 0.15) is 35.3 Å². The summed E-state index contributed by atoms with van der Waals surface area (Å²) in [5, 5.41) is 15.4. The van der Waals surface area contributed by atoms with Crippen LogP contribution in [0.25, 0.3) is 0 Å². The zero-order valence-corrected chi connectivity index (χ0v) is 15.5. The minimum absolute atomic E-state index is 0.146. The van der Waals surface area contributed by atoms with Gasteiger partial charge in [-0.15, -0.1) is 0 Å². The summed E-state index contributed by atoms with van der Waals surface area (Å²) in [6.07, 6.45) is 3.66. The van der Waals surface area contributed by atoms with Gasteiger partial charge in [0, 0.05) is 11.8 Å². The molecule has 8 nitrogen and oxygen atoms in total. The van der Waals surface area contributed by atoms with Gasteiger partial charge in [0.05, 0.1) is 37.4 Å². The molecule has 0 radical (unpaired) electrons. The van der Waals surface area contributed by atoms with E-state index >= 15 is 0 Å². The van der Waals surface area contributed by atoms with Crippen LogP contribution >= 0.6 is 0 Å². The van der Waals surface area contributed by atoms with E-state index < -0.39 is 6.10 Å². The van der Waals surface area contributed by atoms with Gasteiger partial charge >= 0.3 is 0 Å². The monoisotopic (exact) mass is 384 g/mol. The molecule has 1 aromatic heterocycles. The van der Waals surface area contributed by atoms with E-state index in [2.05, 4.69) is 20.6 Å². The van der Waals surface area contributed by atoms with Crippen LogP contribution in [-0.4, -0.2) is 51.7 Å². The molecule has 28 heavy (non-hydrogen) atoms. The van der Waals surface area contributed by atoms with Crippen molar-refractivity contribution >= 4 is 11.8 Å². The molecule has 148 valence electrons. The Balaban J connectivity index is 1.47. The van der Waals surface area contributed by atoms with Gasteiger partial charge in [0.25, 0.3) is 5.91 Å². The highest BCUT2D eigenvalue weighted by molar-refractivity contribution is 5.94. The van der Waals surface area contributed by atoms with Gasteiger partial charge in [0.1, 0.15) is 12.4 Å². The van der Waals surface area contributed by atoms with E-state index in [-0.39, 0.29) is 37.0 Å². The van der Waals surface area contributed by atoms with Gasteiger partial charge in [-0.3, -0.25) is 9.59 Å². The highest BCUT2D eigenvalue weighted by atomic mass is 16.5. The summed E-state index contributed by atoms with van der Waals surface area (Å²) in [6.45, 7) is 0.103. The fourth-order valence-electron chi connectivity index (χ4n) is 3.18.